The van der Waals surface area contributed by atoms with E-state index in [1.54, 1.807) is 25.7 Å². The van der Waals surface area contributed by atoms with Gasteiger partial charge >= 0.3 is 11.6 Å². The lowest BCUT2D eigenvalue weighted by Crippen LogP contribution is -2.49. The Hall–Kier alpha value is -0.630. The van der Waals surface area contributed by atoms with E-state index in [9.17, 15) is 18.0 Å². The maximum absolute atomic E-state index is 12.0. The number of nitrogens with zero attached hydrogens (tertiary/aromatic N) is 1. The predicted octanol–water partition coefficient (Wildman–Crippen LogP) is 3.23. The molecule has 1 amide bonds. The second-order valence-electron chi connectivity index (χ2n) is 6.01. The summed E-state index contributed by atoms with van der Waals surface area (Å²) in [5, 5.41) is 3.07. The van der Waals surface area contributed by atoms with Crippen LogP contribution in [-0.2, 0) is 4.74 Å². The molecule has 1 N–H and O–H groups in total. The number of halogens is 3. The second-order valence-corrected chi connectivity index (χ2v) is 7.17. The Labute approximate surface area is 127 Å². The Bertz CT molecular complexity index is 345. The fraction of sp³-hybridized carbons (Fsp3) is 0.923. The molecule has 0 aliphatic carbocycles. The van der Waals surface area contributed by atoms with Crippen LogP contribution in [0.15, 0.2) is 0 Å². The number of hydrogen-bond donors (Lipinski definition) is 1. The molecule has 1 heterocycles. The molecule has 8 heteroatoms. The minimum absolute atomic E-state index is 0.0214. The maximum Gasteiger partial charge on any atom is 0.441 e. The van der Waals surface area contributed by atoms with Crippen LogP contribution < -0.4 is 5.32 Å². The lowest BCUT2D eigenvalue weighted by molar-refractivity contribution is -0.0327. The van der Waals surface area contributed by atoms with E-state index in [4.69, 9.17) is 4.74 Å². The molecule has 0 bridgehead atoms. The molecular formula is C13H23F3N2O2S. The molecule has 1 fully saturated rings. The summed E-state index contributed by atoms with van der Waals surface area (Å²) in [6.45, 7) is 6.80. The second kappa shape index (κ2) is 7.58. The number of ether oxygens (including phenoxy) is 1. The van der Waals surface area contributed by atoms with Gasteiger partial charge in [0.1, 0.15) is 5.60 Å². The lowest BCUT2D eigenvalue weighted by atomic mass is 10.1. The Morgan fingerprint density at radius 3 is 2.62 bits per heavy atom. The molecule has 124 valence electrons. The van der Waals surface area contributed by atoms with Gasteiger partial charge in [-0.05, 0) is 45.4 Å². The number of amides is 1. The van der Waals surface area contributed by atoms with Crippen LogP contribution in [0.3, 0.4) is 0 Å². The first-order chi connectivity index (χ1) is 9.57. The van der Waals surface area contributed by atoms with Crippen LogP contribution in [0, 0.1) is 0 Å². The highest BCUT2D eigenvalue weighted by Crippen LogP contribution is 2.29. The van der Waals surface area contributed by atoms with Crippen molar-refractivity contribution in [3.63, 3.8) is 0 Å². The van der Waals surface area contributed by atoms with Crippen LogP contribution in [-0.4, -0.2) is 53.5 Å². The minimum Gasteiger partial charge on any atom is -0.444 e. The molecular weight excluding hydrogens is 305 g/mol. The highest BCUT2D eigenvalue weighted by molar-refractivity contribution is 8.00. The van der Waals surface area contributed by atoms with Gasteiger partial charge in [0.25, 0.3) is 0 Å². The van der Waals surface area contributed by atoms with Crippen molar-refractivity contribution in [1.29, 1.82) is 0 Å². The molecule has 0 radical (unpaired) electrons. The Morgan fingerprint density at radius 1 is 1.38 bits per heavy atom. The summed E-state index contributed by atoms with van der Waals surface area (Å²) in [6.07, 6.45) is 1.32. The molecule has 0 aromatic carbocycles. The van der Waals surface area contributed by atoms with Crippen molar-refractivity contribution >= 4 is 17.9 Å². The number of likely N-dealkylation sites (tertiary alicyclic amines) is 1. The SMILES string of the molecule is CC(C)(C)OC(=O)N1CCCC(NCCSC(F)(F)F)C1. The molecule has 0 aromatic rings. The largest absolute Gasteiger partial charge is 0.444 e. The van der Waals surface area contributed by atoms with E-state index in [1.807, 2.05) is 0 Å². The first kappa shape index (κ1) is 18.4. The van der Waals surface area contributed by atoms with E-state index in [2.05, 4.69) is 5.32 Å². The number of thioether (sulfide) groups is 1. The lowest BCUT2D eigenvalue weighted by Gasteiger charge is -2.34. The van der Waals surface area contributed by atoms with E-state index in [0.29, 0.717) is 13.1 Å². The maximum atomic E-state index is 12.0. The summed E-state index contributed by atoms with van der Waals surface area (Å²) in [5.74, 6) is -0.0214. The third-order valence-electron chi connectivity index (χ3n) is 2.87. The van der Waals surface area contributed by atoms with Crippen LogP contribution in [0.25, 0.3) is 0 Å². The van der Waals surface area contributed by atoms with Crippen LogP contribution >= 0.6 is 11.8 Å². The van der Waals surface area contributed by atoms with Gasteiger partial charge < -0.3 is 15.0 Å². The van der Waals surface area contributed by atoms with Crippen LogP contribution in [0.4, 0.5) is 18.0 Å². The third kappa shape index (κ3) is 8.40. The van der Waals surface area contributed by atoms with Crippen molar-refractivity contribution in [3.05, 3.63) is 0 Å². The van der Waals surface area contributed by atoms with E-state index in [0.717, 1.165) is 12.8 Å². The standard InChI is InChI=1S/C13H23F3N2O2S/c1-12(2,3)20-11(19)18-7-4-5-10(9-18)17-6-8-21-13(14,15)16/h10,17H,4-9H2,1-3H3. The van der Waals surface area contributed by atoms with Crippen molar-refractivity contribution in [2.45, 2.75) is 50.8 Å². The number of piperidine rings is 1. The van der Waals surface area contributed by atoms with Crippen molar-refractivity contribution in [3.8, 4) is 0 Å². The zero-order valence-electron chi connectivity index (χ0n) is 12.6. The molecule has 0 spiro atoms. The van der Waals surface area contributed by atoms with Gasteiger partial charge in [0.2, 0.25) is 0 Å². The summed E-state index contributed by atoms with van der Waals surface area (Å²) >= 11 is -0.0306. The Morgan fingerprint density at radius 2 is 2.05 bits per heavy atom. The average molecular weight is 328 g/mol. The number of carbonyl (C=O) groups excluding carboxylic acids is 1. The predicted molar refractivity (Wildman–Crippen MR) is 77.3 cm³/mol. The summed E-state index contributed by atoms with van der Waals surface area (Å²) in [7, 11) is 0. The molecule has 1 saturated heterocycles. The zero-order chi connectivity index (χ0) is 16.1. The normalized spacial score (nSPS) is 20.5. The van der Waals surface area contributed by atoms with E-state index >= 15 is 0 Å². The number of hydrogen-bond acceptors (Lipinski definition) is 4. The molecule has 0 aromatic heterocycles. The number of alkyl halides is 3. The van der Waals surface area contributed by atoms with Gasteiger partial charge in [-0.2, -0.15) is 13.2 Å². The van der Waals surface area contributed by atoms with E-state index in [-0.39, 0.29) is 36.2 Å². The minimum atomic E-state index is -4.18. The monoisotopic (exact) mass is 328 g/mol. The number of rotatable bonds is 4. The average Bonchev–Trinajstić information content (AvgIpc) is 2.32. The highest BCUT2D eigenvalue weighted by atomic mass is 32.2. The van der Waals surface area contributed by atoms with Gasteiger partial charge in [0.05, 0.1) is 0 Å². The first-order valence-electron chi connectivity index (χ1n) is 6.99. The van der Waals surface area contributed by atoms with Crippen LogP contribution in [0.5, 0.6) is 0 Å². The van der Waals surface area contributed by atoms with Gasteiger partial charge in [0.15, 0.2) is 0 Å². The third-order valence-corrected chi connectivity index (χ3v) is 3.61. The van der Waals surface area contributed by atoms with Crippen molar-refractivity contribution in [2.24, 2.45) is 0 Å². The molecule has 1 atom stereocenters. The fourth-order valence-electron chi connectivity index (χ4n) is 2.07. The van der Waals surface area contributed by atoms with Gasteiger partial charge in [-0.3, -0.25) is 0 Å². The number of carbonyl (C=O) groups is 1. The van der Waals surface area contributed by atoms with E-state index < -0.39 is 11.1 Å². The van der Waals surface area contributed by atoms with Gasteiger partial charge in [-0.25, -0.2) is 4.79 Å². The molecule has 1 aliphatic heterocycles. The molecule has 1 rings (SSSR count). The van der Waals surface area contributed by atoms with Crippen molar-refractivity contribution in [1.82, 2.24) is 10.2 Å². The fourth-order valence-corrected chi connectivity index (χ4v) is 2.52. The van der Waals surface area contributed by atoms with E-state index in [1.165, 1.54) is 0 Å². The van der Waals surface area contributed by atoms with Crippen LogP contribution in [0.2, 0.25) is 0 Å². The molecule has 1 aliphatic rings. The molecule has 0 saturated carbocycles. The van der Waals surface area contributed by atoms with Gasteiger partial charge in [-0.15, -0.1) is 0 Å². The highest BCUT2D eigenvalue weighted by Gasteiger charge is 2.29. The quantitative estimate of drug-likeness (QED) is 0.805. The van der Waals surface area contributed by atoms with Crippen molar-refractivity contribution < 1.29 is 22.7 Å². The summed E-state index contributed by atoms with van der Waals surface area (Å²) in [6, 6.07) is 0.0279. The van der Waals surface area contributed by atoms with Gasteiger partial charge in [0, 0.05) is 31.4 Å². The molecule has 1 unspecified atom stereocenters. The molecule has 4 nitrogen and oxygen atoms in total. The summed E-state index contributed by atoms with van der Waals surface area (Å²) in [5.41, 5.74) is -4.72. The number of nitrogens with one attached hydrogen (secondary N) is 1. The Balaban J connectivity index is 2.30. The first-order valence-corrected chi connectivity index (χ1v) is 7.97. The molecule has 21 heavy (non-hydrogen) atoms. The summed E-state index contributed by atoms with van der Waals surface area (Å²) < 4.78 is 41.3. The Kier molecular flexibility index (Phi) is 6.65. The topological polar surface area (TPSA) is 41.6 Å². The zero-order valence-corrected chi connectivity index (χ0v) is 13.4. The van der Waals surface area contributed by atoms with Gasteiger partial charge in [-0.1, -0.05) is 0 Å². The smallest absolute Gasteiger partial charge is 0.441 e. The van der Waals surface area contributed by atoms with Crippen LogP contribution in [0.1, 0.15) is 33.6 Å². The summed E-state index contributed by atoms with van der Waals surface area (Å²) in [4.78, 5) is 13.6. The van der Waals surface area contributed by atoms with Crippen molar-refractivity contribution in [2.75, 3.05) is 25.4 Å².